The van der Waals surface area contributed by atoms with E-state index in [1.807, 2.05) is 37.3 Å². The predicted octanol–water partition coefficient (Wildman–Crippen LogP) is 4.10. The molecule has 2 fully saturated rings. The number of rotatable bonds is 2. The molecule has 0 bridgehead atoms. The second-order valence-electron chi connectivity index (χ2n) is 5.98. The first-order valence-corrected chi connectivity index (χ1v) is 7.45. The van der Waals surface area contributed by atoms with Crippen LogP contribution in [0.1, 0.15) is 44.6 Å². The first kappa shape index (κ1) is 13.8. The van der Waals surface area contributed by atoms with Gasteiger partial charge < -0.3 is 4.74 Å². The van der Waals surface area contributed by atoms with Gasteiger partial charge in [0.05, 0.1) is 6.61 Å². The van der Waals surface area contributed by atoms with Gasteiger partial charge in [-0.1, -0.05) is 42.8 Å². The number of ether oxygens (including phenoxy) is 1. The monoisotopic (exact) mass is 274 g/mol. The summed E-state index contributed by atoms with van der Waals surface area (Å²) in [5.74, 6) is -0.488. The minimum atomic E-state index is -0.515. The summed E-state index contributed by atoms with van der Waals surface area (Å²) in [5.41, 5.74) is 0.633. The van der Waals surface area contributed by atoms with E-state index in [1.54, 1.807) is 0 Å². The molecule has 0 radical (unpaired) electrons. The number of hydrogen-bond donors (Lipinski definition) is 0. The van der Waals surface area contributed by atoms with Gasteiger partial charge in [0, 0.05) is 12.8 Å². The second kappa shape index (κ2) is 5.68. The van der Waals surface area contributed by atoms with Crippen LogP contribution in [-0.2, 0) is 14.5 Å². The van der Waals surface area contributed by atoms with E-state index in [0.717, 1.165) is 31.2 Å². The van der Waals surface area contributed by atoms with Gasteiger partial charge in [0.1, 0.15) is 5.60 Å². The van der Waals surface area contributed by atoms with Gasteiger partial charge in [-0.25, -0.2) is 9.78 Å². The number of benzene rings is 1. The average Bonchev–Trinajstić information content (AvgIpc) is 2.51. The van der Waals surface area contributed by atoms with Crippen LogP contribution in [0, 0.1) is 0 Å². The molecule has 1 unspecified atom stereocenters. The molecule has 1 heterocycles. The van der Waals surface area contributed by atoms with Gasteiger partial charge in [-0.05, 0) is 31.4 Å². The van der Waals surface area contributed by atoms with Gasteiger partial charge in [0.25, 0.3) is 0 Å². The summed E-state index contributed by atoms with van der Waals surface area (Å²) in [6, 6.07) is 10.2. The van der Waals surface area contributed by atoms with Crippen LogP contribution in [0.2, 0.25) is 0 Å². The third-order valence-corrected chi connectivity index (χ3v) is 4.05. The van der Waals surface area contributed by atoms with Crippen molar-refractivity contribution < 1.29 is 14.5 Å². The molecule has 0 N–H and O–H groups in total. The lowest BCUT2D eigenvalue weighted by Crippen LogP contribution is -2.50. The minimum Gasteiger partial charge on any atom is -0.344 e. The van der Waals surface area contributed by atoms with Crippen LogP contribution in [-0.4, -0.2) is 18.0 Å². The van der Waals surface area contributed by atoms with Crippen molar-refractivity contribution in [3.05, 3.63) is 42.0 Å². The van der Waals surface area contributed by atoms with E-state index in [0.29, 0.717) is 6.61 Å². The molecular formula is C17H22O3. The zero-order chi connectivity index (χ0) is 13.9. The van der Waals surface area contributed by atoms with Crippen LogP contribution in [0.15, 0.2) is 36.4 Å². The van der Waals surface area contributed by atoms with Gasteiger partial charge in [0.15, 0.2) is 0 Å². The molecule has 1 spiro atoms. The first-order valence-electron chi connectivity index (χ1n) is 7.45. The maximum Gasteiger partial charge on any atom is 0.201 e. The highest BCUT2D eigenvalue weighted by atomic mass is 17.2. The van der Waals surface area contributed by atoms with Crippen LogP contribution < -0.4 is 0 Å². The maximum atomic E-state index is 6.01. The van der Waals surface area contributed by atoms with Crippen molar-refractivity contribution >= 4 is 6.08 Å². The van der Waals surface area contributed by atoms with Crippen molar-refractivity contribution in [1.29, 1.82) is 0 Å². The molecule has 1 aliphatic heterocycles. The molecule has 1 aliphatic carbocycles. The highest BCUT2D eigenvalue weighted by Crippen LogP contribution is 2.38. The summed E-state index contributed by atoms with van der Waals surface area (Å²) in [4.78, 5) is 11.3. The Kier molecular flexibility index (Phi) is 3.92. The summed E-state index contributed by atoms with van der Waals surface area (Å²) in [6.07, 6.45) is 9.50. The summed E-state index contributed by atoms with van der Waals surface area (Å²) in [5, 5.41) is 0. The molecule has 0 aromatic heterocycles. The van der Waals surface area contributed by atoms with E-state index in [9.17, 15) is 0 Å². The van der Waals surface area contributed by atoms with Gasteiger partial charge in [-0.3, -0.25) is 0 Å². The van der Waals surface area contributed by atoms with E-state index in [-0.39, 0.29) is 0 Å². The summed E-state index contributed by atoms with van der Waals surface area (Å²) in [7, 11) is 0. The third kappa shape index (κ3) is 3.11. The molecule has 20 heavy (non-hydrogen) atoms. The number of hydrogen-bond acceptors (Lipinski definition) is 3. The Bertz CT molecular complexity index is 450. The van der Waals surface area contributed by atoms with Crippen LogP contribution in [0.25, 0.3) is 6.08 Å². The fourth-order valence-corrected chi connectivity index (χ4v) is 2.72. The highest BCUT2D eigenvalue weighted by molar-refractivity contribution is 5.50. The summed E-state index contributed by atoms with van der Waals surface area (Å²) in [6.45, 7) is 2.53. The smallest absolute Gasteiger partial charge is 0.201 e. The molecule has 1 saturated heterocycles. The van der Waals surface area contributed by atoms with Gasteiger partial charge in [-0.2, -0.15) is 0 Å². The zero-order valence-electron chi connectivity index (χ0n) is 12.0. The molecule has 3 rings (SSSR count). The Morgan fingerprint density at radius 2 is 1.75 bits per heavy atom. The Morgan fingerprint density at radius 3 is 2.40 bits per heavy atom. The van der Waals surface area contributed by atoms with E-state index in [4.69, 9.17) is 14.5 Å². The molecule has 1 aromatic carbocycles. The fraction of sp³-hybridized carbons (Fsp3) is 0.529. The normalized spacial score (nSPS) is 29.9. The molecular weight excluding hydrogens is 252 g/mol. The van der Waals surface area contributed by atoms with Crippen molar-refractivity contribution in [2.45, 2.75) is 50.4 Å². The third-order valence-electron chi connectivity index (χ3n) is 4.05. The Balaban J connectivity index is 1.62. The van der Waals surface area contributed by atoms with Crippen molar-refractivity contribution in [3.63, 3.8) is 0 Å². The average molecular weight is 274 g/mol. The molecule has 1 aromatic rings. The molecule has 3 heteroatoms. The van der Waals surface area contributed by atoms with Gasteiger partial charge >= 0.3 is 0 Å². The van der Waals surface area contributed by atoms with Crippen LogP contribution >= 0.6 is 0 Å². The van der Waals surface area contributed by atoms with Crippen molar-refractivity contribution in [2.75, 3.05) is 6.61 Å². The van der Waals surface area contributed by atoms with E-state index in [2.05, 4.69) is 12.1 Å². The lowest BCUT2D eigenvalue weighted by Gasteiger charge is -2.43. The van der Waals surface area contributed by atoms with E-state index < -0.39 is 11.4 Å². The van der Waals surface area contributed by atoms with E-state index in [1.165, 1.54) is 6.42 Å². The minimum absolute atomic E-state index is 0.488. The van der Waals surface area contributed by atoms with Crippen LogP contribution in [0.5, 0.6) is 0 Å². The maximum absolute atomic E-state index is 6.01. The van der Waals surface area contributed by atoms with Crippen molar-refractivity contribution in [2.24, 2.45) is 0 Å². The predicted molar refractivity (Wildman–Crippen MR) is 77.8 cm³/mol. The summed E-state index contributed by atoms with van der Waals surface area (Å²) < 4.78 is 6.01. The molecule has 0 amide bonds. The summed E-state index contributed by atoms with van der Waals surface area (Å²) >= 11 is 0. The van der Waals surface area contributed by atoms with Crippen LogP contribution in [0.3, 0.4) is 0 Å². The Labute approximate surface area is 120 Å². The molecule has 2 aliphatic rings. The van der Waals surface area contributed by atoms with Gasteiger partial charge in [-0.15, -0.1) is 0 Å². The zero-order valence-corrected chi connectivity index (χ0v) is 12.0. The standard InChI is InChI=1S/C17H22O3/c1-16(13-10-15-8-4-2-5-9-15)14-18-17(20-19-16)11-6-3-7-12-17/h2,4-5,8-10,13H,3,6-7,11-12,14H2,1H3/b13-10+. The SMILES string of the molecule is CC1(/C=C/c2ccccc2)COC2(CCCCC2)OO1. The lowest BCUT2D eigenvalue weighted by molar-refractivity contribution is -0.505. The quantitative estimate of drug-likeness (QED) is 0.760. The van der Waals surface area contributed by atoms with Gasteiger partial charge in [0.2, 0.25) is 5.79 Å². The second-order valence-corrected chi connectivity index (χ2v) is 5.98. The Hall–Kier alpha value is -1.16. The Morgan fingerprint density at radius 1 is 1.00 bits per heavy atom. The lowest BCUT2D eigenvalue weighted by atomic mass is 9.93. The van der Waals surface area contributed by atoms with Crippen LogP contribution in [0.4, 0.5) is 0 Å². The topological polar surface area (TPSA) is 27.7 Å². The molecule has 1 atom stereocenters. The van der Waals surface area contributed by atoms with E-state index >= 15 is 0 Å². The highest BCUT2D eigenvalue weighted by Gasteiger charge is 2.44. The van der Waals surface area contributed by atoms with Crippen molar-refractivity contribution in [3.8, 4) is 0 Å². The largest absolute Gasteiger partial charge is 0.344 e. The molecule has 1 saturated carbocycles. The molecule has 108 valence electrons. The molecule has 3 nitrogen and oxygen atoms in total. The van der Waals surface area contributed by atoms with Crippen molar-refractivity contribution in [1.82, 2.24) is 0 Å². The fourth-order valence-electron chi connectivity index (χ4n) is 2.72. The first-order chi connectivity index (χ1) is 9.70.